The summed E-state index contributed by atoms with van der Waals surface area (Å²) in [5.74, 6) is -0.799. The van der Waals surface area contributed by atoms with Crippen LogP contribution in [-0.2, 0) is 0 Å². The number of hydrogen-bond acceptors (Lipinski definition) is 3. The van der Waals surface area contributed by atoms with E-state index in [9.17, 15) is 9.18 Å². The molecule has 0 bridgehead atoms. The lowest BCUT2D eigenvalue weighted by molar-refractivity contribution is 0.0943. The summed E-state index contributed by atoms with van der Waals surface area (Å²) in [6, 6.07) is 4.66. The van der Waals surface area contributed by atoms with Gasteiger partial charge >= 0.3 is 0 Å². The van der Waals surface area contributed by atoms with Crippen LogP contribution in [0.25, 0.3) is 0 Å². The molecule has 0 aliphatic carbocycles. The summed E-state index contributed by atoms with van der Waals surface area (Å²) in [5, 5.41) is 6.04. The van der Waals surface area contributed by atoms with Gasteiger partial charge in [-0.2, -0.15) is 0 Å². The van der Waals surface area contributed by atoms with Crippen LogP contribution in [0.15, 0.2) is 18.2 Å². The van der Waals surface area contributed by atoms with Gasteiger partial charge in [0, 0.05) is 39.3 Å². The first-order chi connectivity index (χ1) is 9.16. The predicted molar refractivity (Wildman–Crippen MR) is 80.0 cm³/mol. The number of benzene rings is 1. The molecule has 1 aliphatic heterocycles. The van der Waals surface area contributed by atoms with Crippen LogP contribution in [0.3, 0.4) is 0 Å². The molecule has 0 aromatic heterocycles. The lowest BCUT2D eigenvalue weighted by atomic mass is 10.1. The maximum absolute atomic E-state index is 13.6. The van der Waals surface area contributed by atoms with Crippen molar-refractivity contribution in [3.63, 3.8) is 0 Å². The van der Waals surface area contributed by atoms with Gasteiger partial charge in [0.2, 0.25) is 0 Å². The van der Waals surface area contributed by atoms with Crippen molar-refractivity contribution in [1.29, 1.82) is 0 Å². The van der Waals surface area contributed by atoms with E-state index in [0.717, 1.165) is 38.3 Å². The lowest BCUT2D eigenvalue weighted by Crippen LogP contribution is -2.46. The molecule has 1 aromatic carbocycles. The SMILES string of the molecule is Cc1ccc(C(=O)NCCN2CCNCC2)c(F)c1.Cl. The summed E-state index contributed by atoms with van der Waals surface area (Å²) in [6.45, 7) is 7.12. The number of rotatable bonds is 4. The van der Waals surface area contributed by atoms with Gasteiger partial charge in [-0.05, 0) is 24.6 Å². The minimum absolute atomic E-state index is 0. The molecule has 1 amide bonds. The zero-order chi connectivity index (χ0) is 13.7. The minimum Gasteiger partial charge on any atom is -0.351 e. The van der Waals surface area contributed by atoms with Crippen molar-refractivity contribution in [2.75, 3.05) is 39.3 Å². The number of nitrogens with zero attached hydrogens (tertiary/aromatic N) is 1. The average molecular weight is 302 g/mol. The Morgan fingerprint density at radius 2 is 2.10 bits per heavy atom. The number of amides is 1. The zero-order valence-corrected chi connectivity index (χ0v) is 12.4. The van der Waals surface area contributed by atoms with E-state index in [-0.39, 0.29) is 23.9 Å². The fourth-order valence-electron chi connectivity index (χ4n) is 2.16. The van der Waals surface area contributed by atoms with Gasteiger partial charge in [0.15, 0.2) is 0 Å². The van der Waals surface area contributed by atoms with Crippen LogP contribution in [0, 0.1) is 12.7 Å². The van der Waals surface area contributed by atoms with Crippen LogP contribution in [0.4, 0.5) is 4.39 Å². The Morgan fingerprint density at radius 1 is 1.40 bits per heavy atom. The third-order valence-corrected chi connectivity index (χ3v) is 3.29. The number of hydrogen-bond donors (Lipinski definition) is 2. The monoisotopic (exact) mass is 301 g/mol. The summed E-state index contributed by atoms with van der Waals surface area (Å²) in [4.78, 5) is 14.1. The molecule has 6 heteroatoms. The Kier molecular flexibility index (Phi) is 6.91. The van der Waals surface area contributed by atoms with E-state index in [1.165, 1.54) is 12.1 Å². The molecule has 2 N–H and O–H groups in total. The number of carbonyl (C=O) groups excluding carboxylic acids is 1. The van der Waals surface area contributed by atoms with Gasteiger partial charge in [-0.15, -0.1) is 12.4 Å². The Labute approximate surface area is 125 Å². The van der Waals surface area contributed by atoms with Crippen LogP contribution in [0.1, 0.15) is 15.9 Å². The highest BCUT2D eigenvalue weighted by Gasteiger charge is 2.12. The molecule has 1 heterocycles. The first kappa shape index (κ1) is 16.9. The number of carbonyl (C=O) groups is 1. The lowest BCUT2D eigenvalue weighted by Gasteiger charge is -2.27. The molecule has 1 fully saturated rings. The van der Waals surface area contributed by atoms with Gasteiger partial charge in [-0.3, -0.25) is 9.69 Å². The molecule has 2 rings (SSSR count). The number of aryl methyl sites for hydroxylation is 1. The maximum atomic E-state index is 13.6. The van der Waals surface area contributed by atoms with Crippen molar-refractivity contribution < 1.29 is 9.18 Å². The fourth-order valence-corrected chi connectivity index (χ4v) is 2.16. The van der Waals surface area contributed by atoms with Gasteiger partial charge in [0.1, 0.15) is 5.82 Å². The normalized spacial score (nSPS) is 15.5. The van der Waals surface area contributed by atoms with Crippen LogP contribution in [0.5, 0.6) is 0 Å². The third kappa shape index (κ3) is 4.74. The molecule has 0 spiro atoms. The number of piperazine rings is 1. The summed E-state index contributed by atoms with van der Waals surface area (Å²) in [7, 11) is 0. The molecule has 20 heavy (non-hydrogen) atoms. The Bertz CT molecular complexity index is 450. The van der Waals surface area contributed by atoms with Gasteiger partial charge in [0.25, 0.3) is 5.91 Å². The van der Waals surface area contributed by atoms with E-state index in [2.05, 4.69) is 15.5 Å². The smallest absolute Gasteiger partial charge is 0.254 e. The van der Waals surface area contributed by atoms with E-state index in [1.54, 1.807) is 13.0 Å². The maximum Gasteiger partial charge on any atom is 0.254 e. The van der Waals surface area contributed by atoms with E-state index in [0.29, 0.717) is 6.54 Å². The van der Waals surface area contributed by atoms with Crippen LogP contribution >= 0.6 is 12.4 Å². The average Bonchev–Trinajstić information content (AvgIpc) is 2.39. The highest BCUT2D eigenvalue weighted by atomic mass is 35.5. The van der Waals surface area contributed by atoms with Crippen molar-refractivity contribution >= 4 is 18.3 Å². The summed E-state index contributed by atoms with van der Waals surface area (Å²) < 4.78 is 13.6. The first-order valence-corrected chi connectivity index (χ1v) is 6.64. The largest absolute Gasteiger partial charge is 0.351 e. The molecule has 112 valence electrons. The Hall–Kier alpha value is -1.17. The molecule has 1 aliphatic rings. The highest BCUT2D eigenvalue weighted by Crippen LogP contribution is 2.09. The summed E-state index contributed by atoms with van der Waals surface area (Å²) in [5.41, 5.74) is 0.931. The summed E-state index contributed by atoms with van der Waals surface area (Å²) in [6.07, 6.45) is 0. The Morgan fingerprint density at radius 3 is 2.75 bits per heavy atom. The van der Waals surface area contributed by atoms with Gasteiger partial charge in [-0.25, -0.2) is 4.39 Å². The highest BCUT2D eigenvalue weighted by molar-refractivity contribution is 5.94. The molecule has 0 atom stereocenters. The molecule has 0 unspecified atom stereocenters. The molecule has 4 nitrogen and oxygen atoms in total. The standard InChI is InChI=1S/C14H20FN3O.ClH/c1-11-2-3-12(13(15)10-11)14(19)17-6-9-18-7-4-16-5-8-18;/h2-3,10,16H,4-9H2,1H3,(H,17,19);1H. The van der Waals surface area contributed by atoms with Crippen LogP contribution in [-0.4, -0.2) is 50.1 Å². The van der Waals surface area contributed by atoms with Crippen LogP contribution < -0.4 is 10.6 Å². The van der Waals surface area contributed by atoms with Crippen molar-refractivity contribution in [2.24, 2.45) is 0 Å². The fraction of sp³-hybridized carbons (Fsp3) is 0.500. The van der Waals surface area contributed by atoms with Gasteiger partial charge < -0.3 is 10.6 Å². The molecule has 0 saturated carbocycles. The first-order valence-electron chi connectivity index (χ1n) is 6.64. The third-order valence-electron chi connectivity index (χ3n) is 3.29. The van der Waals surface area contributed by atoms with E-state index in [4.69, 9.17) is 0 Å². The van der Waals surface area contributed by atoms with E-state index < -0.39 is 5.82 Å². The second kappa shape index (κ2) is 8.19. The Balaban J connectivity index is 0.00000200. The van der Waals surface area contributed by atoms with Crippen molar-refractivity contribution in [1.82, 2.24) is 15.5 Å². The van der Waals surface area contributed by atoms with Gasteiger partial charge in [-0.1, -0.05) is 6.07 Å². The van der Waals surface area contributed by atoms with Crippen molar-refractivity contribution in [2.45, 2.75) is 6.92 Å². The molecule has 0 radical (unpaired) electrons. The zero-order valence-electron chi connectivity index (χ0n) is 11.6. The quantitative estimate of drug-likeness (QED) is 0.878. The number of halogens is 2. The van der Waals surface area contributed by atoms with E-state index in [1.807, 2.05) is 0 Å². The topological polar surface area (TPSA) is 44.4 Å². The van der Waals surface area contributed by atoms with Gasteiger partial charge in [0.05, 0.1) is 5.56 Å². The minimum atomic E-state index is -0.459. The predicted octanol–water partition coefficient (Wildman–Crippen LogP) is 1.19. The second-order valence-electron chi connectivity index (χ2n) is 4.83. The van der Waals surface area contributed by atoms with Crippen molar-refractivity contribution in [3.8, 4) is 0 Å². The number of nitrogens with one attached hydrogen (secondary N) is 2. The molecular formula is C14H21ClFN3O. The molecular weight excluding hydrogens is 281 g/mol. The second-order valence-corrected chi connectivity index (χ2v) is 4.83. The van der Waals surface area contributed by atoms with Crippen molar-refractivity contribution in [3.05, 3.63) is 35.1 Å². The van der Waals surface area contributed by atoms with E-state index >= 15 is 0 Å². The molecule has 1 aromatic rings. The summed E-state index contributed by atoms with van der Waals surface area (Å²) >= 11 is 0. The van der Waals surface area contributed by atoms with Crippen LogP contribution in [0.2, 0.25) is 0 Å². The molecule has 1 saturated heterocycles.